The van der Waals surface area contributed by atoms with Crippen LogP contribution < -0.4 is 5.32 Å². The van der Waals surface area contributed by atoms with Crippen molar-refractivity contribution in [1.29, 1.82) is 0 Å². The van der Waals surface area contributed by atoms with Gasteiger partial charge in [0.2, 0.25) is 0 Å². The zero-order valence-electron chi connectivity index (χ0n) is 13.7. The zero-order valence-corrected chi connectivity index (χ0v) is 16.1. The summed E-state index contributed by atoms with van der Waals surface area (Å²) in [4.78, 5) is 15.4. The molecule has 1 fully saturated rings. The molecule has 1 aliphatic rings. The van der Waals surface area contributed by atoms with Gasteiger partial charge in [-0.1, -0.05) is 0 Å². The Kier molecular flexibility index (Phi) is 5.91. The van der Waals surface area contributed by atoms with E-state index in [1.807, 2.05) is 32.7 Å². The molecule has 2 unspecified atom stereocenters. The Bertz CT molecular complexity index is 512. The van der Waals surface area contributed by atoms with Crippen molar-refractivity contribution in [3.8, 4) is 0 Å². The molecule has 0 aliphatic carbocycles. The number of ether oxygens (including phenoxy) is 1. The number of amides is 1. The SMILES string of the molecule is CNC(Cc1cc(Br)cs1)C1CCN(C(=O)OC(C)(C)C)C1. The molecule has 1 aromatic heterocycles. The van der Waals surface area contributed by atoms with Crippen LogP contribution in [0.2, 0.25) is 0 Å². The van der Waals surface area contributed by atoms with Crippen molar-refractivity contribution in [1.82, 2.24) is 10.2 Å². The monoisotopic (exact) mass is 388 g/mol. The maximum absolute atomic E-state index is 12.2. The zero-order chi connectivity index (χ0) is 16.3. The van der Waals surface area contributed by atoms with Crippen molar-refractivity contribution in [3.63, 3.8) is 0 Å². The normalized spacial score (nSPS) is 20.2. The summed E-state index contributed by atoms with van der Waals surface area (Å²) in [5.74, 6) is 0.471. The number of rotatable bonds is 4. The summed E-state index contributed by atoms with van der Waals surface area (Å²) >= 11 is 5.28. The number of likely N-dealkylation sites (tertiary alicyclic amines) is 1. The van der Waals surface area contributed by atoms with E-state index < -0.39 is 5.60 Å². The Balaban J connectivity index is 1.91. The van der Waals surface area contributed by atoms with Crippen LogP contribution in [-0.2, 0) is 11.2 Å². The molecule has 1 N–H and O–H groups in total. The van der Waals surface area contributed by atoms with Gasteiger partial charge in [-0.3, -0.25) is 0 Å². The summed E-state index contributed by atoms with van der Waals surface area (Å²) in [7, 11) is 2.00. The van der Waals surface area contributed by atoms with E-state index in [-0.39, 0.29) is 6.09 Å². The van der Waals surface area contributed by atoms with E-state index in [1.165, 1.54) is 4.88 Å². The van der Waals surface area contributed by atoms with Crippen LogP contribution >= 0.6 is 27.3 Å². The Hall–Kier alpha value is -0.590. The van der Waals surface area contributed by atoms with Gasteiger partial charge >= 0.3 is 6.09 Å². The highest BCUT2D eigenvalue weighted by Crippen LogP contribution is 2.27. The number of nitrogens with zero attached hydrogens (tertiary/aromatic N) is 1. The maximum atomic E-state index is 12.2. The van der Waals surface area contributed by atoms with Crippen molar-refractivity contribution >= 4 is 33.4 Å². The lowest BCUT2D eigenvalue weighted by atomic mass is 9.95. The number of carbonyl (C=O) groups is 1. The van der Waals surface area contributed by atoms with E-state index in [9.17, 15) is 4.79 Å². The molecule has 124 valence electrons. The van der Waals surface area contributed by atoms with Gasteiger partial charge < -0.3 is 15.0 Å². The van der Waals surface area contributed by atoms with Crippen molar-refractivity contribution in [2.24, 2.45) is 5.92 Å². The van der Waals surface area contributed by atoms with Gasteiger partial charge in [0.15, 0.2) is 0 Å². The quantitative estimate of drug-likeness (QED) is 0.849. The lowest BCUT2D eigenvalue weighted by molar-refractivity contribution is 0.0285. The minimum atomic E-state index is -0.430. The first kappa shape index (κ1) is 17.8. The van der Waals surface area contributed by atoms with Crippen molar-refractivity contribution in [2.75, 3.05) is 20.1 Å². The first-order valence-corrected chi connectivity index (χ1v) is 9.34. The van der Waals surface area contributed by atoms with Crippen LogP contribution in [-0.4, -0.2) is 42.8 Å². The van der Waals surface area contributed by atoms with Gasteiger partial charge in [-0.05, 0) is 68.6 Å². The number of hydrogen-bond acceptors (Lipinski definition) is 4. The number of thiophene rings is 1. The number of likely N-dealkylation sites (N-methyl/N-ethyl adjacent to an activating group) is 1. The van der Waals surface area contributed by atoms with Gasteiger partial charge in [0.1, 0.15) is 5.60 Å². The first-order chi connectivity index (χ1) is 10.3. The van der Waals surface area contributed by atoms with Crippen LogP contribution in [0.25, 0.3) is 0 Å². The van der Waals surface area contributed by atoms with E-state index in [0.717, 1.165) is 30.4 Å². The summed E-state index contributed by atoms with van der Waals surface area (Å²) < 4.78 is 6.61. The molecule has 2 rings (SSSR count). The fourth-order valence-electron chi connectivity index (χ4n) is 2.79. The third kappa shape index (κ3) is 4.96. The van der Waals surface area contributed by atoms with Crippen LogP contribution in [0.5, 0.6) is 0 Å². The Morgan fingerprint density at radius 1 is 1.59 bits per heavy atom. The van der Waals surface area contributed by atoms with Gasteiger partial charge in [-0.15, -0.1) is 11.3 Å². The maximum Gasteiger partial charge on any atom is 0.410 e. The van der Waals surface area contributed by atoms with E-state index in [0.29, 0.717) is 12.0 Å². The smallest absolute Gasteiger partial charge is 0.410 e. The highest BCUT2D eigenvalue weighted by molar-refractivity contribution is 9.10. The fraction of sp³-hybridized carbons (Fsp3) is 0.688. The van der Waals surface area contributed by atoms with Crippen molar-refractivity contribution < 1.29 is 9.53 Å². The molecule has 6 heteroatoms. The molecular weight excluding hydrogens is 364 g/mol. The second kappa shape index (κ2) is 7.32. The lowest BCUT2D eigenvalue weighted by Crippen LogP contribution is -2.39. The Morgan fingerprint density at radius 2 is 2.32 bits per heavy atom. The molecule has 0 saturated carbocycles. The molecule has 2 heterocycles. The summed E-state index contributed by atoms with van der Waals surface area (Å²) in [6.45, 7) is 7.27. The fourth-order valence-corrected chi connectivity index (χ4v) is 4.30. The van der Waals surface area contributed by atoms with Crippen LogP contribution in [0, 0.1) is 5.92 Å². The minimum Gasteiger partial charge on any atom is -0.444 e. The molecule has 2 atom stereocenters. The molecule has 0 radical (unpaired) electrons. The summed E-state index contributed by atoms with van der Waals surface area (Å²) in [5, 5.41) is 5.54. The molecule has 1 saturated heterocycles. The molecule has 0 aromatic carbocycles. The highest BCUT2D eigenvalue weighted by Gasteiger charge is 2.33. The molecule has 0 spiro atoms. The number of halogens is 1. The predicted octanol–water partition coefficient (Wildman–Crippen LogP) is 3.90. The van der Waals surface area contributed by atoms with Crippen LogP contribution in [0.3, 0.4) is 0 Å². The van der Waals surface area contributed by atoms with E-state index in [2.05, 4.69) is 32.7 Å². The van der Waals surface area contributed by atoms with Crippen LogP contribution in [0.15, 0.2) is 15.9 Å². The lowest BCUT2D eigenvalue weighted by Gasteiger charge is -2.26. The van der Waals surface area contributed by atoms with Crippen molar-refractivity contribution in [3.05, 3.63) is 20.8 Å². The van der Waals surface area contributed by atoms with E-state index in [1.54, 1.807) is 11.3 Å². The average Bonchev–Trinajstić information content (AvgIpc) is 3.03. The van der Waals surface area contributed by atoms with E-state index >= 15 is 0 Å². The third-order valence-corrected chi connectivity index (χ3v) is 5.58. The van der Waals surface area contributed by atoms with E-state index in [4.69, 9.17) is 4.74 Å². The number of nitrogens with one attached hydrogen (secondary N) is 1. The van der Waals surface area contributed by atoms with Gasteiger partial charge in [0, 0.05) is 33.9 Å². The molecule has 1 aromatic rings. The average molecular weight is 389 g/mol. The molecule has 22 heavy (non-hydrogen) atoms. The number of carbonyl (C=O) groups excluding carboxylic acids is 1. The summed E-state index contributed by atoms with van der Waals surface area (Å²) in [6.07, 6.45) is 1.83. The van der Waals surface area contributed by atoms with Gasteiger partial charge in [0.05, 0.1) is 0 Å². The second-order valence-electron chi connectivity index (χ2n) is 6.81. The molecule has 1 aliphatic heterocycles. The summed E-state index contributed by atoms with van der Waals surface area (Å²) in [6, 6.07) is 2.56. The second-order valence-corrected chi connectivity index (χ2v) is 8.72. The molecule has 4 nitrogen and oxygen atoms in total. The standard InChI is InChI=1S/C16H25BrN2O2S/c1-16(2,3)21-15(20)19-6-5-11(9-19)14(18-4)8-13-7-12(17)10-22-13/h7,10-11,14,18H,5-6,8-9H2,1-4H3. The Morgan fingerprint density at radius 3 is 2.86 bits per heavy atom. The predicted molar refractivity (Wildman–Crippen MR) is 94.5 cm³/mol. The summed E-state index contributed by atoms with van der Waals surface area (Å²) in [5.41, 5.74) is -0.430. The van der Waals surface area contributed by atoms with Gasteiger partial charge in [-0.25, -0.2) is 4.79 Å². The van der Waals surface area contributed by atoms with Crippen molar-refractivity contribution in [2.45, 2.75) is 45.3 Å². The molecule has 0 bridgehead atoms. The topological polar surface area (TPSA) is 41.6 Å². The Labute approximate surface area is 145 Å². The minimum absolute atomic E-state index is 0.191. The molecular formula is C16H25BrN2O2S. The largest absolute Gasteiger partial charge is 0.444 e. The number of hydrogen-bond donors (Lipinski definition) is 1. The highest BCUT2D eigenvalue weighted by atomic mass is 79.9. The van der Waals surface area contributed by atoms with Crippen LogP contribution in [0.1, 0.15) is 32.1 Å². The third-order valence-electron chi connectivity index (χ3n) is 3.86. The molecule has 1 amide bonds. The van der Waals surface area contributed by atoms with Gasteiger partial charge in [0.25, 0.3) is 0 Å². The first-order valence-electron chi connectivity index (χ1n) is 7.66. The van der Waals surface area contributed by atoms with Crippen LogP contribution in [0.4, 0.5) is 4.79 Å². The van der Waals surface area contributed by atoms with Gasteiger partial charge in [-0.2, -0.15) is 0 Å².